The van der Waals surface area contributed by atoms with E-state index in [4.69, 9.17) is 9.15 Å². The second kappa shape index (κ2) is 6.71. The van der Waals surface area contributed by atoms with E-state index in [1.165, 1.54) is 21.7 Å². The van der Waals surface area contributed by atoms with Crippen molar-refractivity contribution in [2.45, 2.75) is 17.8 Å². The Morgan fingerprint density at radius 2 is 2.04 bits per heavy atom. The molecule has 0 spiro atoms. The standard InChI is InChI=1S/C16H19N3O4S2/c1-25(20,21)19-7-8-22-13(10-19)15-17-18-16(23-15)14-12-5-3-2-4-11(12)6-9-24-14/h2-5,13-14H,6-10H2,1H3/t13-,14-/m0/s1. The molecule has 7 nitrogen and oxygen atoms in total. The first-order chi connectivity index (χ1) is 12.0. The lowest BCUT2D eigenvalue weighted by atomic mass is 10.0. The van der Waals surface area contributed by atoms with Gasteiger partial charge in [-0.15, -0.1) is 22.0 Å². The first kappa shape index (κ1) is 17.0. The topological polar surface area (TPSA) is 85.5 Å². The summed E-state index contributed by atoms with van der Waals surface area (Å²) in [7, 11) is -3.26. The molecule has 0 saturated carbocycles. The fourth-order valence-corrected chi connectivity index (χ4v) is 5.19. The van der Waals surface area contributed by atoms with E-state index >= 15 is 0 Å². The van der Waals surface area contributed by atoms with E-state index < -0.39 is 16.1 Å². The smallest absolute Gasteiger partial charge is 0.246 e. The molecule has 2 aliphatic heterocycles. The highest BCUT2D eigenvalue weighted by atomic mass is 32.2. The summed E-state index contributed by atoms with van der Waals surface area (Å²) in [6.07, 6.45) is 1.71. The van der Waals surface area contributed by atoms with Crippen molar-refractivity contribution in [1.29, 1.82) is 0 Å². The highest BCUT2D eigenvalue weighted by molar-refractivity contribution is 7.99. The third-order valence-electron chi connectivity index (χ3n) is 4.45. The number of rotatable bonds is 3. The van der Waals surface area contributed by atoms with Crippen molar-refractivity contribution < 1.29 is 17.6 Å². The Morgan fingerprint density at radius 1 is 1.24 bits per heavy atom. The summed E-state index contributed by atoms with van der Waals surface area (Å²) in [6.45, 7) is 0.869. The van der Waals surface area contributed by atoms with E-state index in [0.717, 1.165) is 12.2 Å². The predicted octanol–water partition coefficient (Wildman–Crippen LogP) is 1.78. The van der Waals surface area contributed by atoms with Crippen LogP contribution >= 0.6 is 11.8 Å². The molecule has 0 N–H and O–H groups in total. The van der Waals surface area contributed by atoms with Crippen molar-refractivity contribution in [3.05, 3.63) is 47.2 Å². The summed E-state index contributed by atoms with van der Waals surface area (Å²) in [6, 6.07) is 8.29. The van der Waals surface area contributed by atoms with Crippen LogP contribution in [0.1, 0.15) is 34.3 Å². The number of sulfonamides is 1. The molecule has 1 fully saturated rings. The number of aromatic nitrogens is 2. The summed E-state index contributed by atoms with van der Waals surface area (Å²) >= 11 is 1.78. The predicted molar refractivity (Wildman–Crippen MR) is 93.9 cm³/mol. The van der Waals surface area contributed by atoms with Gasteiger partial charge in [-0.1, -0.05) is 24.3 Å². The van der Waals surface area contributed by atoms with Crippen molar-refractivity contribution in [3.63, 3.8) is 0 Å². The van der Waals surface area contributed by atoms with Gasteiger partial charge in [0.1, 0.15) is 11.4 Å². The average Bonchev–Trinajstić information content (AvgIpc) is 3.10. The second-order valence-electron chi connectivity index (χ2n) is 6.16. The van der Waals surface area contributed by atoms with Gasteiger partial charge in [0, 0.05) is 13.1 Å². The molecule has 0 radical (unpaired) electrons. The van der Waals surface area contributed by atoms with Gasteiger partial charge in [0.25, 0.3) is 0 Å². The zero-order valence-electron chi connectivity index (χ0n) is 13.8. The fourth-order valence-electron chi connectivity index (χ4n) is 3.16. The number of aryl methyl sites for hydroxylation is 1. The molecule has 2 aliphatic rings. The molecule has 0 aliphatic carbocycles. The highest BCUT2D eigenvalue weighted by Gasteiger charge is 2.33. The van der Waals surface area contributed by atoms with Crippen molar-refractivity contribution in [1.82, 2.24) is 14.5 Å². The molecule has 1 aromatic heterocycles. The molecule has 1 aromatic carbocycles. The zero-order chi connectivity index (χ0) is 17.4. The van der Waals surface area contributed by atoms with Crippen LogP contribution in [0.2, 0.25) is 0 Å². The van der Waals surface area contributed by atoms with Gasteiger partial charge in [0.2, 0.25) is 21.8 Å². The van der Waals surface area contributed by atoms with E-state index in [1.54, 1.807) is 11.8 Å². The first-order valence-electron chi connectivity index (χ1n) is 8.12. The third-order valence-corrected chi connectivity index (χ3v) is 6.95. The number of morpholine rings is 1. The lowest BCUT2D eigenvalue weighted by molar-refractivity contribution is -0.0175. The Balaban J connectivity index is 1.57. The minimum Gasteiger partial charge on any atom is -0.421 e. The molecule has 134 valence electrons. The number of nitrogens with zero attached hydrogens (tertiary/aromatic N) is 3. The zero-order valence-corrected chi connectivity index (χ0v) is 15.4. The number of thioether (sulfide) groups is 1. The Kier molecular flexibility index (Phi) is 4.57. The van der Waals surface area contributed by atoms with Crippen LogP contribution in [0.5, 0.6) is 0 Å². The van der Waals surface area contributed by atoms with Crippen LogP contribution in [-0.2, 0) is 21.2 Å². The van der Waals surface area contributed by atoms with Gasteiger partial charge >= 0.3 is 0 Å². The summed E-state index contributed by atoms with van der Waals surface area (Å²) in [5.41, 5.74) is 2.51. The molecule has 9 heteroatoms. The van der Waals surface area contributed by atoms with E-state index in [-0.39, 0.29) is 11.8 Å². The van der Waals surface area contributed by atoms with E-state index in [9.17, 15) is 8.42 Å². The molecule has 2 aromatic rings. The molecule has 25 heavy (non-hydrogen) atoms. The summed E-state index contributed by atoms with van der Waals surface area (Å²) in [5.74, 6) is 1.89. The average molecular weight is 381 g/mol. The van der Waals surface area contributed by atoms with Crippen LogP contribution in [0.25, 0.3) is 0 Å². The van der Waals surface area contributed by atoms with Crippen molar-refractivity contribution in [3.8, 4) is 0 Å². The van der Waals surface area contributed by atoms with Crippen LogP contribution in [0.3, 0.4) is 0 Å². The van der Waals surface area contributed by atoms with Crippen molar-refractivity contribution in [2.24, 2.45) is 0 Å². The molecule has 4 rings (SSSR count). The summed E-state index contributed by atoms with van der Waals surface area (Å²) < 4.78 is 36.4. The van der Waals surface area contributed by atoms with Crippen LogP contribution < -0.4 is 0 Å². The Morgan fingerprint density at radius 3 is 2.88 bits per heavy atom. The molecule has 0 unspecified atom stereocenters. The Labute approximate surface area is 150 Å². The maximum atomic E-state index is 11.8. The number of hydrogen-bond donors (Lipinski definition) is 0. The van der Waals surface area contributed by atoms with E-state index in [0.29, 0.717) is 24.9 Å². The number of hydrogen-bond acceptors (Lipinski definition) is 7. The van der Waals surface area contributed by atoms with Gasteiger partial charge in [0.15, 0.2) is 0 Å². The number of fused-ring (bicyclic) bond motifs is 1. The summed E-state index contributed by atoms with van der Waals surface area (Å²) in [5, 5.41) is 8.36. The largest absolute Gasteiger partial charge is 0.421 e. The van der Waals surface area contributed by atoms with Crippen LogP contribution in [0, 0.1) is 0 Å². The van der Waals surface area contributed by atoms with Gasteiger partial charge < -0.3 is 9.15 Å². The first-order valence-corrected chi connectivity index (χ1v) is 11.0. The van der Waals surface area contributed by atoms with Gasteiger partial charge in [-0.25, -0.2) is 8.42 Å². The fraction of sp³-hybridized carbons (Fsp3) is 0.500. The minimum absolute atomic E-state index is 0.0146. The maximum absolute atomic E-state index is 11.8. The van der Waals surface area contributed by atoms with Gasteiger partial charge in [-0.3, -0.25) is 0 Å². The molecule has 1 saturated heterocycles. The number of benzene rings is 1. The van der Waals surface area contributed by atoms with E-state index in [2.05, 4.69) is 22.3 Å². The maximum Gasteiger partial charge on any atom is 0.246 e. The normalized spacial score (nSPS) is 24.8. The van der Waals surface area contributed by atoms with Crippen LogP contribution in [0.4, 0.5) is 0 Å². The Hall–Kier alpha value is -1.42. The molecule has 2 atom stereocenters. The van der Waals surface area contributed by atoms with Gasteiger partial charge in [-0.05, 0) is 23.3 Å². The molecule has 3 heterocycles. The third kappa shape index (κ3) is 3.46. The van der Waals surface area contributed by atoms with Crippen LogP contribution in [0.15, 0.2) is 28.7 Å². The molecular weight excluding hydrogens is 362 g/mol. The summed E-state index contributed by atoms with van der Waals surface area (Å²) in [4.78, 5) is 0. The number of ether oxygens (including phenoxy) is 1. The van der Waals surface area contributed by atoms with Gasteiger partial charge in [0.05, 0.1) is 12.9 Å². The van der Waals surface area contributed by atoms with Crippen molar-refractivity contribution in [2.75, 3.05) is 31.7 Å². The lowest BCUT2D eigenvalue weighted by Crippen LogP contribution is -2.41. The quantitative estimate of drug-likeness (QED) is 0.801. The lowest BCUT2D eigenvalue weighted by Gasteiger charge is -2.29. The SMILES string of the molecule is CS(=O)(=O)N1CCO[C@H](c2nnc([C@H]3SCCc4ccccc43)o2)C1. The molecule has 0 amide bonds. The van der Waals surface area contributed by atoms with Gasteiger partial charge in [-0.2, -0.15) is 4.31 Å². The highest BCUT2D eigenvalue weighted by Crippen LogP contribution is 2.41. The second-order valence-corrected chi connectivity index (χ2v) is 9.35. The Bertz CT molecular complexity index is 868. The molecular formula is C16H19N3O4S2. The molecule has 0 bridgehead atoms. The minimum atomic E-state index is -3.26. The monoisotopic (exact) mass is 381 g/mol. The van der Waals surface area contributed by atoms with E-state index in [1.807, 2.05) is 12.1 Å². The van der Waals surface area contributed by atoms with Crippen LogP contribution in [-0.4, -0.2) is 54.6 Å². The van der Waals surface area contributed by atoms with Crippen molar-refractivity contribution >= 4 is 21.8 Å².